The summed E-state index contributed by atoms with van der Waals surface area (Å²) in [6, 6.07) is 20.7. The third-order valence-electron chi connectivity index (χ3n) is 5.28. The maximum atomic E-state index is 12.8. The molecule has 0 amide bonds. The molecule has 0 bridgehead atoms. The predicted octanol–water partition coefficient (Wildman–Crippen LogP) is 5.70. The first-order chi connectivity index (χ1) is 16.6. The summed E-state index contributed by atoms with van der Waals surface area (Å²) in [4.78, 5) is 22.4. The highest BCUT2D eigenvalue weighted by Crippen LogP contribution is 2.35. The van der Waals surface area contributed by atoms with Crippen molar-refractivity contribution in [3.8, 4) is 22.9 Å². The zero-order valence-electron chi connectivity index (χ0n) is 18.4. The highest BCUT2D eigenvalue weighted by atomic mass is 79.9. The number of ketones is 1. The summed E-state index contributed by atoms with van der Waals surface area (Å²) >= 11 is 4.72. The molecule has 7 nitrogen and oxygen atoms in total. The maximum Gasteiger partial charge on any atom is 0.192 e. The molecular formula is C25H19BrN4O3S. The lowest BCUT2D eigenvalue weighted by Gasteiger charge is -2.11. The molecule has 34 heavy (non-hydrogen) atoms. The predicted molar refractivity (Wildman–Crippen MR) is 136 cm³/mol. The fourth-order valence-corrected chi connectivity index (χ4v) is 4.67. The van der Waals surface area contributed by atoms with E-state index in [4.69, 9.17) is 24.5 Å². The minimum atomic E-state index is 0.00302. The van der Waals surface area contributed by atoms with Crippen LogP contribution in [0.25, 0.3) is 27.9 Å². The molecule has 0 aliphatic heterocycles. The lowest BCUT2D eigenvalue weighted by atomic mass is 10.2. The molecule has 0 N–H and O–H groups in total. The number of thioether (sulfide) groups is 1. The van der Waals surface area contributed by atoms with Crippen molar-refractivity contribution < 1.29 is 14.3 Å². The number of Topliss-reactive ketones (excluding diaryl/α,β-unsaturated/α-hetero) is 1. The summed E-state index contributed by atoms with van der Waals surface area (Å²) in [6.07, 6.45) is 0. The molecule has 0 spiro atoms. The molecule has 0 unspecified atom stereocenters. The highest BCUT2D eigenvalue weighted by molar-refractivity contribution is 9.10. The van der Waals surface area contributed by atoms with Gasteiger partial charge in [0.1, 0.15) is 0 Å². The third-order valence-corrected chi connectivity index (χ3v) is 6.74. The molecule has 3 aromatic carbocycles. The van der Waals surface area contributed by atoms with Crippen LogP contribution in [0.2, 0.25) is 0 Å². The molecule has 0 fully saturated rings. The van der Waals surface area contributed by atoms with Crippen molar-refractivity contribution in [2.45, 2.75) is 5.16 Å². The van der Waals surface area contributed by atoms with Gasteiger partial charge in [0.2, 0.25) is 0 Å². The Labute approximate surface area is 208 Å². The molecule has 0 radical (unpaired) electrons. The quantitative estimate of drug-likeness (QED) is 0.150. The third kappa shape index (κ3) is 4.24. The number of carbonyl (C=O) groups is 1. The maximum absolute atomic E-state index is 12.8. The number of benzene rings is 3. The molecule has 0 aliphatic carbocycles. The average Bonchev–Trinajstić information content (AvgIpc) is 3.33. The number of hydrogen-bond acceptors (Lipinski definition) is 7. The van der Waals surface area contributed by atoms with Crippen LogP contribution in [0.5, 0.6) is 11.5 Å². The van der Waals surface area contributed by atoms with E-state index in [1.165, 1.54) is 11.8 Å². The van der Waals surface area contributed by atoms with Crippen molar-refractivity contribution in [2.75, 3.05) is 20.0 Å². The van der Waals surface area contributed by atoms with Crippen molar-refractivity contribution in [1.29, 1.82) is 0 Å². The summed E-state index contributed by atoms with van der Waals surface area (Å²) in [5.41, 5.74) is 2.84. The van der Waals surface area contributed by atoms with E-state index >= 15 is 0 Å². The van der Waals surface area contributed by atoms with Gasteiger partial charge in [-0.2, -0.15) is 4.52 Å². The topological polar surface area (TPSA) is 78.6 Å². The number of ether oxygens (including phenoxy) is 2. The van der Waals surface area contributed by atoms with Gasteiger partial charge in [0, 0.05) is 27.1 Å². The van der Waals surface area contributed by atoms with Crippen LogP contribution in [-0.4, -0.2) is 45.3 Å². The van der Waals surface area contributed by atoms with Gasteiger partial charge in [-0.05, 0) is 18.2 Å². The van der Waals surface area contributed by atoms with Gasteiger partial charge in [0.15, 0.2) is 33.9 Å². The van der Waals surface area contributed by atoms with Crippen LogP contribution in [0.1, 0.15) is 10.4 Å². The zero-order valence-corrected chi connectivity index (χ0v) is 20.8. The summed E-state index contributed by atoms with van der Waals surface area (Å²) in [5, 5.41) is 6.06. The Morgan fingerprint density at radius 3 is 2.38 bits per heavy atom. The van der Waals surface area contributed by atoms with Gasteiger partial charge in [-0.15, -0.1) is 5.10 Å². The van der Waals surface area contributed by atoms with Crippen molar-refractivity contribution >= 4 is 50.0 Å². The van der Waals surface area contributed by atoms with Gasteiger partial charge in [0.05, 0.1) is 25.5 Å². The van der Waals surface area contributed by atoms with E-state index in [1.54, 1.807) is 30.9 Å². The molecule has 2 aromatic heterocycles. The van der Waals surface area contributed by atoms with E-state index in [0.29, 0.717) is 39.2 Å². The van der Waals surface area contributed by atoms with Crippen LogP contribution in [0.3, 0.4) is 0 Å². The normalized spacial score (nSPS) is 11.1. The van der Waals surface area contributed by atoms with Crippen LogP contribution in [0, 0.1) is 0 Å². The van der Waals surface area contributed by atoms with Gasteiger partial charge in [0.25, 0.3) is 0 Å². The summed E-state index contributed by atoms with van der Waals surface area (Å²) in [7, 11) is 3.17. The second-order valence-corrected chi connectivity index (χ2v) is 9.23. The van der Waals surface area contributed by atoms with Gasteiger partial charge < -0.3 is 9.47 Å². The lowest BCUT2D eigenvalue weighted by Crippen LogP contribution is -2.05. The molecule has 170 valence electrons. The smallest absolute Gasteiger partial charge is 0.192 e. The van der Waals surface area contributed by atoms with E-state index in [2.05, 4.69) is 15.9 Å². The molecule has 0 saturated carbocycles. The Morgan fingerprint density at radius 2 is 1.68 bits per heavy atom. The standard InChI is InChI=1S/C25H19BrN4O3S/c1-32-21-12-18-19(13-22(21)33-2)27-25(34-14-20(31)15-8-10-17(26)11-9-15)30-24(18)28-23(29-30)16-6-4-3-5-7-16/h3-13H,14H2,1-2H3. The molecule has 2 heterocycles. The van der Waals surface area contributed by atoms with E-state index in [1.807, 2.05) is 54.6 Å². The second kappa shape index (κ2) is 9.44. The summed E-state index contributed by atoms with van der Waals surface area (Å²) in [6.45, 7) is 0. The number of aromatic nitrogens is 4. The Morgan fingerprint density at radius 1 is 0.971 bits per heavy atom. The fourth-order valence-electron chi connectivity index (χ4n) is 3.56. The van der Waals surface area contributed by atoms with Crippen LogP contribution in [-0.2, 0) is 0 Å². The number of fused-ring (bicyclic) bond motifs is 3. The molecule has 5 rings (SSSR count). The van der Waals surface area contributed by atoms with Gasteiger partial charge in [-0.1, -0.05) is 70.2 Å². The Bertz CT molecular complexity index is 1500. The number of methoxy groups -OCH3 is 2. The Kier molecular flexibility index (Phi) is 6.21. The van der Waals surface area contributed by atoms with Crippen LogP contribution < -0.4 is 9.47 Å². The molecule has 0 atom stereocenters. The minimum absolute atomic E-state index is 0.00302. The average molecular weight is 535 g/mol. The zero-order chi connectivity index (χ0) is 23.7. The fraction of sp³-hybridized carbons (Fsp3) is 0.120. The van der Waals surface area contributed by atoms with Crippen molar-refractivity contribution in [2.24, 2.45) is 0 Å². The van der Waals surface area contributed by atoms with Gasteiger partial charge in [-0.3, -0.25) is 4.79 Å². The van der Waals surface area contributed by atoms with Gasteiger partial charge in [-0.25, -0.2) is 9.97 Å². The first-order valence-corrected chi connectivity index (χ1v) is 12.1. The van der Waals surface area contributed by atoms with E-state index in [9.17, 15) is 4.79 Å². The number of carbonyl (C=O) groups excluding carboxylic acids is 1. The molecule has 0 aliphatic rings. The highest BCUT2D eigenvalue weighted by Gasteiger charge is 2.19. The summed E-state index contributed by atoms with van der Waals surface area (Å²) < 4.78 is 13.6. The van der Waals surface area contributed by atoms with Crippen molar-refractivity contribution in [3.05, 3.63) is 76.8 Å². The van der Waals surface area contributed by atoms with E-state index < -0.39 is 0 Å². The van der Waals surface area contributed by atoms with E-state index in [-0.39, 0.29) is 11.5 Å². The van der Waals surface area contributed by atoms with Crippen molar-refractivity contribution in [3.63, 3.8) is 0 Å². The number of hydrogen-bond donors (Lipinski definition) is 0. The lowest BCUT2D eigenvalue weighted by molar-refractivity contribution is 0.102. The Balaban J connectivity index is 1.62. The van der Waals surface area contributed by atoms with Crippen LogP contribution in [0.4, 0.5) is 0 Å². The minimum Gasteiger partial charge on any atom is -0.493 e. The van der Waals surface area contributed by atoms with Gasteiger partial charge >= 0.3 is 0 Å². The first-order valence-electron chi connectivity index (χ1n) is 10.4. The largest absolute Gasteiger partial charge is 0.493 e. The van der Waals surface area contributed by atoms with Crippen molar-refractivity contribution in [1.82, 2.24) is 19.6 Å². The molecule has 9 heteroatoms. The number of rotatable bonds is 7. The Hall–Kier alpha value is -3.43. The number of nitrogens with zero attached hydrogens (tertiary/aromatic N) is 4. The summed E-state index contributed by atoms with van der Waals surface area (Å²) in [5.74, 6) is 1.93. The first kappa shape index (κ1) is 22.4. The number of halogens is 1. The van der Waals surface area contributed by atoms with Crippen LogP contribution in [0.15, 0.2) is 76.4 Å². The molecular weight excluding hydrogens is 516 g/mol. The monoisotopic (exact) mass is 534 g/mol. The SMILES string of the molecule is COc1cc2nc(SCC(=O)c3ccc(Br)cc3)n3nc(-c4ccccc4)nc3c2cc1OC. The second-order valence-electron chi connectivity index (χ2n) is 7.37. The molecule has 5 aromatic rings. The van der Waals surface area contributed by atoms with Crippen LogP contribution >= 0.6 is 27.7 Å². The van der Waals surface area contributed by atoms with E-state index in [0.717, 1.165) is 15.4 Å². The molecule has 0 saturated heterocycles.